The predicted molar refractivity (Wildman–Crippen MR) is 167 cm³/mol. The summed E-state index contributed by atoms with van der Waals surface area (Å²) >= 11 is 6.49. The molecule has 7 nitrogen and oxygen atoms in total. The lowest BCUT2D eigenvalue weighted by Gasteiger charge is -2.34. The predicted octanol–water partition coefficient (Wildman–Crippen LogP) is 5.54. The Labute approximate surface area is 252 Å². The molecule has 1 atom stereocenters. The van der Waals surface area contributed by atoms with Crippen LogP contribution in [0, 0.1) is 13.8 Å². The molecule has 2 amide bonds. The van der Waals surface area contributed by atoms with Crippen molar-refractivity contribution >= 4 is 39.1 Å². The van der Waals surface area contributed by atoms with Gasteiger partial charge in [0, 0.05) is 25.0 Å². The van der Waals surface area contributed by atoms with Crippen LogP contribution in [-0.4, -0.2) is 44.8 Å². The van der Waals surface area contributed by atoms with Crippen LogP contribution in [0.25, 0.3) is 0 Å². The van der Waals surface area contributed by atoms with Crippen molar-refractivity contribution in [2.75, 3.05) is 17.9 Å². The number of para-hydroxylation sites is 1. The van der Waals surface area contributed by atoms with Gasteiger partial charge in [-0.15, -0.1) is 0 Å². The van der Waals surface area contributed by atoms with Crippen LogP contribution < -0.4 is 9.62 Å². The zero-order valence-corrected chi connectivity index (χ0v) is 25.4. The zero-order valence-electron chi connectivity index (χ0n) is 23.8. The minimum Gasteiger partial charge on any atom is -0.357 e. The van der Waals surface area contributed by atoms with Crippen molar-refractivity contribution in [2.45, 2.75) is 37.8 Å². The molecule has 0 saturated carbocycles. The molecule has 1 unspecified atom stereocenters. The van der Waals surface area contributed by atoms with E-state index in [0.29, 0.717) is 21.8 Å². The second-order valence-corrected chi connectivity index (χ2v) is 12.3. The van der Waals surface area contributed by atoms with Crippen LogP contribution in [0.3, 0.4) is 0 Å². The van der Waals surface area contributed by atoms with Gasteiger partial charge in [-0.25, -0.2) is 8.42 Å². The number of aryl methyl sites for hydroxylation is 2. The molecule has 0 aliphatic heterocycles. The molecule has 4 rings (SSSR count). The molecule has 0 spiro atoms. The van der Waals surface area contributed by atoms with Gasteiger partial charge >= 0.3 is 0 Å². The van der Waals surface area contributed by atoms with Crippen LogP contribution in [0.4, 0.5) is 5.69 Å². The molecule has 4 aromatic carbocycles. The maximum absolute atomic E-state index is 14.3. The van der Waals surface area contributed by atoms with Gasteiger partial charge < -0.3 is 10.2 Å². The van der Waals surface area contributed by atoms with Crippen LogP contribution in [-0.2, 0) is 32.6 Å². The number of sulfonamides is 1. The molecule has 0 saturated heterocycles. The van der Waals surface area contributed by atoms with E-state index >= 15 is 0 Å². The minimum atomic E-state index is -4.15. The summed E-state index contributed by atoms with van der Waals surface area (Å²) in [6.45, 7) is 3.16. The number of carbonyl (C=O) groups is 2. The highest BCUT2D eigenvalue weighted by Gasteiger charge is 2.35. The van der Waals surface area contributed by atoms with E-state index in [4.69, 9.17) is 11.6 Å². The molecule has 1 N–H and O–H groups in total. The fraction of sp³-hybridized carbons (Fsp3) is 0.212. The van der Waals surface area contributed by atoms with Crippen molar-refractivity contribution in [3.8, 4) is 0 Å². The SMILES string of the molecule is CNC(=O)C(Cc1ccccc1)N(Cc1ccccc1Cl)C(=O)CN(c1ccccc1C)S(=O)(=O)c1ccc(C)cc1. The Bertz CT molecular complexity index is 1640. The number of nitrogens with one attached hydrogen (secondary N) is 1. The molecule has 4 aromatic rings. The number of rotatable bonds is 11. The lowest BCUT2D eigenvalue weighted by molar-refractivity contribution is -0.139. The van der Waals surface area contributed by atoms with Crippen LogP contribution >= 0.6 is 11.6 Å². The quantitative estimate of drug-likeness (QED) is 0.244. The van der Waals surface area contributed by atoms with E-state index in [1.807, 2.05) is 43.3 Å². The van der Waals surface area contributed by atoms with E-state index < -0.39 is 28.5 Å². The largest absolute Gasteiger partial charge is 0.357 e. The standard InChI is InChI=1S/C33H34ClN3O4S/c1-24-17-19-28(20-18-24)42(40,41)37(30-16-10-7-11-25(30)2)23-32(38)36(22-27-14-8-9-15-29(27)34)31(33(39)35-3)21-26-12-5-4-6-13-26/h4-20,31H,21-23H2,1-3H3,(H,35,39). The molecule has 0 heterocycles. The second kappa shape index (κ2) is 13.7. The van der Waals surface area contributed by atoms with Crippen molar-refractivity contribution in [3.63, 3.8) is 0 Å². The van der Waals surface area contributed by atoms with Crippen LogP contribution in [0.1, 0.15) is 22.3 Å². The van der Waals surface area contributed by atoms with E-state index in [1.165, 1.54) is 24.1 Å². The van der Waals surface area contributed by atoms with Crippen LogP contribution in [0.5, 0.6) is 0 Å². The minimum absolute atomic E-state index is 0.00954. The number of anilines is 1. The monoisotopic (exact) mass is 603 g/mol. The number of benzene rings is 4. The highest BCUT2D eigenvalue weighted by Crippen LogP contribution is 2.28. The maximum Gasteiger partial charge on any atom is 0.264 e. The third-order valence-electron chi connectivity index (χ3n) is 7.09. The summed E-state index contributed by atoms with van der Waals surface area (Å²) in [6, 6.07) is 29.0. The van der Waals surface area contributed by atoms with Gasteiger partial charge in [0.2, 0.25) is 11.8 Å². The van der Waals surface area contributed by atoms with Gasteiger partial charge in [-0.05, 0) is 54.8 Å². The highest BCUT2D eigenvalue weighted by molar-refractivity contribution is 7.92. The van der Waals surface area contributed by atoms with Gasteiger partial charge in [0.1, 0.15) is 12.6 Å². The van der Waals surface area contributed by atoms with Gasteiger partial charge in [-0.3, -0.25) is 13.9 Å². The molecule has 0 aromatic heterocycles. The Morgan fingerprint density at radius 1 is 0.833 bits per heavy atom. The maximum atomic E-state index is 14.3. The molecule has 0 fully saturated rings. The van der Waals surface area contributed by atoms with E-state index in [-0.39, 0.29) is 23.8 Å². The molecule has 0 aliphatic carbocycles. The first-order valence-corrected chi connectivity index (χ1v) is 15.4. The molecule has 0 aliphatic rings. The van der Waals surface area contributed by atoms with Crippen molar-refractivity contribution in [1.82, 2.24) is 10.2 Å². The van der Waals surface area contributed by atoms with Crippen molar-refractivity contribution in [1.29, 1.82) is 0 Å². The van der Waals surface area contributed by atoms with E-state index in [2.05, 4.69) is 5.32 Å². The second-order valence-electron chi connectivity index (χ2n) is 10.0. The summed E-state index contributed by atoms with van der Waals surface area (Å²) in [5.41, 5.74) is 3.46. The average Bonchev–Trinajstić information content (AvgIpc) is 2.99. The summed E-state index contributed by atoms with van der Waals surface area (Å²) in [5.74, 6) is -0.915. The van der Waals surface area contributed by atoms with Gasteiger partial charge in [0.05, 0.1) is 10.6 Å². The zero-order chi connectivity index (χ0) is 30.3. The number of carbonyl (C=O) groups excluding carboxylic acids is 2. The molecule has 0 radical (unpaired) electrons. The summed E-state index contributed by atoms with van der Waals surface area (Å²) < 4.78 is 29.3. The summed E-state index contributed by atoms with van der Waals surface area (Å²) in [4.78, 5) is 29.1. The van der Waals surface area contributed by atoms with Gasteiger partial charge in [0.25, 0.3) is 10.0 Å². The summed E-state index contributed by atoms with van der Waals surface area (Å²) in [5, 5.41) is 3.12. The summed E-state index contributed by atoms with van der Waals surface area (Å²) in [6.07, 6.45) is 0.228. The number of hydrogen-bond donors (Lipinski definition) is 1. The molecule has 218 valence electrons. The van der Waals surface area contributed by atoms with E-state index in [1.54, 1.807) is 61.5 Å². The lowest BCUT2D eigenvalue weighted by Crippen LogP contribution is -2.53. The fourth-order valence-corrected chi connectivity index (χ4v) is 6.40. The first-order chi connectivity index (χ1) is 20.1. The number of nitrogens with zero attached hydrogens (tertiary/aromatic N) is 2. The third kappa shape index (κ3) is 7.19. The lowest BCUT2D eigenvalue weighted by atomic mass is 10.0. The van der Waals surface area contributed by atoms with Crippen molar-refractivity contribution in [2.24, 2.45) is 0 Å². The van der Waals surface area contributed by atoms with Crippen molar-refractivity contribution < 1.29 is 18.0 Å². The molecule has 0 bridgehead atoms. The molecular formula is C33H34ClN3O4S. The van der Waals surface area contributed by atoms with Gasteiger partial charge in [-0.1, -0.05) is 96.0 Å². The smallest absolute Gasteiger partial charge is 0.264 e. The van der Waals surface area contributed by atoms with Crippen LogP contribution in [0.15, 0.2) is 108 Å². The number of halogens is 1. The van der Waals surface area contributed by atoms with E-state index in [9.17, 15) is 18.0 Å². The van der Waals surface area contributed by atoms with Gasteiger partial charge in [-0.2, -0.15) is 0 Å². The Kier molecular flexibility index (Phi) is 10.0. The van der Waals surface area contributed by atoms with Crippen LogP contribution in [0.2, 0.25) is 5.02 Å². The van der Waals surface area contributed by atoms with E-state index in [0.717, 1.165) is 15.4 Å². The average molecular weight is 604 g/mol. The fourth-order valence-electron chi connectivity index (χ4n) is 4.72. The Balaban J connectivity index is 1.80. The molecule has 42 heavy (non-hydrogen) atoms. The summed E-state index contributed by atoms with van der Waals surface area (Å²) in [7, 11) is -2.64. The normalized spacial score (nSPS) is 11.9. The first kappa shape index (κ1) is 30.8. The highest BCUT2D eigenvalue weighted by atomic mass is 35.5. The third-order valence-corrected chi connectivity index (χ3v) is 9.23. The van der Waals surface area contributed by atoms with Gasteiger partial charge in [0.15, 0.2) is 0 Å². The Morgan fingerprint density at radius 2 is 1.45 bits per heavy atom. The van der Waals surface area contributed by atoms with Crippen molar-refractivity contribution in [3.05, 3.63) is 130 Å². The topological polar surface area (TPSA) is 86.8 Å². The number of hydrogen-bond acceptors (Lipinski definition) is 4. The Morgan fingerprint density at radius 3 is 2.10 bits per heavy atom. The molecular weight excluding hydrogens is 570 g/mol. The number of likely N-dealkylation sites (N-methyl/N-ethyl adjacent to an activating group) is 1. The molecule has 9 heteroatoms. The Hall–Kier alpha value is -4.14. The number of amides is 2. The first-order valence-electron chi connectivity index (χ1n) is 13.5.